The minimum atomic E-state index is -1.33. The molecule has 4 rings (SSSR count). The number of carbonyl (C=O) groups is 3. The molecule has 198 valence electrons. The lowest BCUT2D eigenvalue weighted by Gasteiger charge is -2.20. The minimum absolute atomic E-state index is 0.0178. The lowest BCUT2D eigenvalue weighted by molar-refractivity contribution is -0.144. The highest BCUT2D eigenvalue weighted by Crippen LogP contribution is 2.26. The van der Waals surface area contributed by atoms with Gasteiger partial charge in [0.25, 0.3) is 11.8 Å². The van der Waals surface area contributed by atoms with Crippen molar-refractivity contribution in [2.45, 2.75) is 31.3 Å². The van der Waals surface area contributed by atoms with Crippen molar-refractivity contribution in [1.82, 2.24) is 10.3 Å². The largest absolute Gasteiger partial charge is 0.489 e. The van der Waals surface area contributed by atoms with Crippen molar-refractivity contribution in [3.05, 3.63) is 88.0 Å². The second-order valence-electron chi connectivity index (χ2n) is 8.23. The smallest absolute Gasteiger partial charge is 0.326 e. The quantitative estimate of drug-likeness (QED) is 0.343. The first kappa shape index (κ1) is 27.3. The van der Waals surface area contributed by atoms with Gasteiger partial charge in [0.1, 0.15) is 31.0 Å². The molecular weight excluding hydrogens is 537 g/mol. The Morgan fingerprint density at radius 3 is 2.29 bits per heavy atom. The van der Waals surface area contributed by atoms with Crippen LogP contribution in [0.4, 0.5) is 5.82 Å². The third kappa shape index (κ3) is 6.99. The Bertz CT molecular complexity index is 1270. The summed E-state index contributed by atoms with van der Waals surface area (Å²) >= 11 is 12.3. The van der Waals surface area contributed by atoms with E-state index in [1.807, 2.05) is 0 Å². The Balaban J connectivity index is 1.34. The number of carbonyl (C=O) groups excluding carboxylic acids is 2. The van der Waals surface area contributed by atoms with Gasteiger partial charge in [0.15, 0.2) is 12.2 Å². The van der Waals surface area contributed by atoms with E-state index in [0.29, 0.717) is 26.9 Å². The Labute approximate surface area is 227 Å². The average molecular weight is 560 g/mol. The maximum atomic E-state index is 12.8. The Kier molecular flexibility index (Phi) is 9.14. The predicted molar refractivity (Wildman–Crippen MR) is 138 cm³/mol. The zero-order valence-corrected chi connectivity index (χ0v) is 21.3. The van der Waals surface area contributed by atoms with Crippen LogP contribution in [0.5, 0.6) is 5.75 Å². The highest BCUT2D eigenvalue weighted by atomic mass is 35.5. The zero-order chi connectivity index (χ0) is 27.1. The van der Waals surface area contributed by atoms with Crippen LogP contribution in [0.3, 0.4) is 0 Å². The van der Waals surface area contributed by atoms with Gasteiger partial charge in [-0.1, -0.05) is 47.5 Å². The SMILES string of the molecule is O=C(O)C(Cc1ccc(OCc2c(Cl)cccc2Cl)cc1)NC(=O)C1OCOC1C(=O)Nc1ccccn1. The molecule has 3 N–H and O–H groups in total. The van der Waals surface area contributed by atoms with Gasteiger partial charge in [-0.15, -0.1) is 0 Å². The number of benzene rings is 2. The van der Waals surface area contributed by atoms with Crippen molar-refractivity contribution < 1.29 is 33.7 Å². The summed E-state index contributed by atoms with van der Waals surface area (Å²) in [6.07, 6.45) is -1.12. The maximum Gasteiger partial charge on any atom is 0.326 e. The summed E-state index contributed by atoms with van der Waals surface area (Å²) in [5.41, 5.74) is 1.28. The second-order valence-corrected chi connectivity index (χ2v) is 9.05. The number of pyridine rings is 1. The number of hydrogen-bond donors (Lipinski definition) is 3. The van der Waals surface area contributed by atoms with Crippen LogP contribution < -0.4 is 15.4 Å². The molecular formula is C26H23Cl2N3O7. The Hall–Kier alpha value is -3.70. The number of rotatable bonds is 10. The number of nitrogens with zero attached hydrogens (tertiary/aromatic N) is 1. The van der Waals surface area contributed by atoms with Crippen LogP contribution in [-0.2, 0) is 36.9 Å². The second kappa shape index (κ2) is 12.7. The number of aromatic nitrogens is 1. The number of amides is 2. The van der Waals surface area contributed by atoms with Gasteiger partial charge in [0.2, 0.25) is 0 Å². The van der Waals surface area contributed by atoms with Crippen molar-refractivity contribution in [1.29, 1.82) is 0 Å². The van der Waals surface area contributed by atoms with Crippen molar-refractivity contribution in [3.8, 4) is 5.75 Å². The summed E-state index contributed by atoms with van der Waals surface area (Å²) < 4.78 is 16.3. The number of nitrogens with one attached hydrogen (secondary N) is 2. The van der Waals surface area contributed by atoms with Crippen molar-refractivity contribution in [3.63, 3.8) is 0 Å². The normalized spacial score (nSPS) is 17.4. The van der Waals surface area contributed by atoms with Crippen LogP contribution in [-0.4, -0.2) is 52.9 Å². The molecule has 0 aliphatic carbocycles. The van der Waals surface area contributed by atoms with Gasteiger partial charge in [-0.05, 0) is 42.0 Å². The third-order valence-electron chi connectivity index (χ3n) is 5.63. The summed E-state index contributed by atoms with van der Waals surface area (Å²) in [4.78, 5) is 41.3. The highest BCUT2D eigenvalue weighted by Gasteiger charge is 2.41. The molecule has 38 heavy (non-hydrogen) atoms. The van der Waals surface area contributed by atoms with E-state index in [0.717, 1.165) is 0 Å². The summed E-state index contributed by atoms with van der Waals surface area (Å²) in [5.74, 6) is -1.87. The zero-order valence-electron chi connectivity index (χ0n) is 19.8. The van der Waals surface area contributed by atoms with E-state index < -0.39 is 36.0 Å². The van der Waals surface area contributed by atoms with Crippen molar-refractivity contribution in [2.24, 2.45) is 0 Å². The molecule has 0 saturated carbocycles. The third-order valence-corrected chi connectivity index (χ3v) is 6.33. The molecule has 12 heteroatoms. The fourth-order valence-corrected chi connectivity index (χ4v) is 4.16. The van der Waals surface area contributed by atoms with Gasteiger partial charge in [-0.3, -0.25) is 9.59 Å². The van der Waals surface area contributed by atoms with Gasteiger partial charge in [0, 0.05) is 28.2 Å². The Morgan fingerprint density at radius 2 is 1.66 bits per heavy atom. The summed E-state index contributed by atoms with van der Waals surface area (Å²) in [7, 11) is 0. The molecule has 0 spiro atoms. The molecule has 1 aliphatic heterocycles. The summed E-state index contributed by atoms with van der Waals surface area (Å²) in [5, 5.41) is 15.6. The Morgan fingerprint density at radius 1 is 0.974 bits per heavy atom. The van der Waals surface area contributed by atoms with Crippen LogP contribution in [0.2, 0.25) is 10.0 Å². The van der Waals surface area contributed by atoms with Crippen LogP contribution >= 0.6 is 23.2 Å². The van der Waals surface area contributed by atoms with E-state index >= 15 is 0 Å². The first-order chi connectivity index (χ1) is 18.3. The van der Waals surface area contributed by atoms with Crippen LogP contribution in [0, 0.1) is 0 Å². The first-order valence-corrected chi connectivity index (χ1v) is 12.2. The predicted octanol–water partition coefficient (Wildman–Crippen LogP) is 3.46. The standard InChI is InChI=1S/C26H23Cl2N3O7/c27-18-4-3-5-19(28)17(18)13-36-16-9-7-15(8-10-16)12-20(26(34)35)30-24(32)22-23(38-14-37-22)25(33)31-21-6-1-2-11-29-21/h1-11,20,22-23H,12-14H2,(H,30,32)(H,34,35)(H,29,31,33). The molecule has 1 saturated heterocycles. The van der Waals surface area contributed by atoms with E-state index in [-0.39, 0.29) is 25.6 Å². The van der Waals surface area contributed by atoms with E-state index in [1.54, 1.807) is 60.7 Å². The number of hydrogen-bond acceptors (Lipinski definition) is 7. The lowest BCUT2D eigenvalue weighted by atomic mass is 10.0. The van der Waals surface area contributed by atoms with Gasteiger partial charge >= 0.3 is 5.97 Å². The van der Waals surface area contributed by atoms with Crippen molar-refractivity contribution in [2.75, 3.05) is 12.1 Å². The van der Waals surface area contributed by atoms with E-state index in [4.69, 9.17) is 37.4 Å². The molecule has 2 heterocycles. The van der Waals surface area contributed by atoms with Gasteiger partial charge < -0.3 is 30.0 Å². The van der Waals surface area contributed by atoms with Gasteiger partial charge in [-0.2, -0.15) is 0 Å². The number of anilines is 1. The molecule has 10 nitrogen and oxygen atoms in total. The van der Waals surface area contributed by atoms with Crippen LogP contribution in [0.1, 0.15) is 11.1 Å². The molecule has 1 fully saturated rings. The molecule has 1 aromatic heterocycles. The molecule has 0 bridgehead atoms. The highest BCUT2D eigenvalue weighted by molar-refractivity contribution is 6.35. The van der Waals surface area contributed by atoms with E-state index in [9.17, 15) is 19.5 Å². The molecule has 3 unspecified atom stereocenters. The number of aliphatic carboxylic acids is 1. The number of carboxylic acid groups (broad SMARTS) is 1. The molecule has 3 aromatic rings. The fraction of sp³-hybridized carbons (Fsp3) is 0.231. The average Bonchev–Trinajstić information content (AvgIpc) is 3.40. The van der Waals surface area contributed by atoms with Gasteiger partial charge in [0.05, 0.1) is 0 Å². The monoisotopic (exact) mass is 559 g/mol. The van der Waals surface area contributed by atoms with Crippen LogP contribution in [0.15, 0.2) is 66.9 Å². The maximum absolute atomic E-state index is 12.8. The topological polar surface area (TPSA) is 136 Å². The lowest BCUT2D eigenvalue weighted by Crippen LogP contribution is -2.51. The summed E-state index contributed by atoms with van der Waals surface area (Å²) in [6.45, 7) is -0.138. The fourth-order valence-electron chi connectivity index (χ4n) is 3.66. The first-order valence-electron chi connectivity index (χ1n) is 11.4. The number of ether oxygens (including phenoxy) is 3. The molecule has 1 aliphatic rings. The van der Waals surface area contributed by atoms with E-state index in [1.165, 1.54) is 6.20 Å². The molecule has 0 radical (unpaired) electrons. The van der Waals surface area contributed by atoms with Gasteiger partial charge in [-0.25, -0.2) is 9.78 Å². The minimum Gasteiger partial charge on any atom is -0.489 e. The molecule has 2 amide bonds. The number of carboxylic acids is 1. The van der Waals surface area contributed by atoms with E-state index in [2.05, 4.69) is 15.6 Å². The van der Waals surface area contributed by atoms with Crippen molar-refractivity contribution >= 4 is 46.8 Å². The number of halogens is 2. The summed E-state index contributed by atoms with van der Waals surface area (Å²) in [6, 6.07) is 15.6. The molecule has 3 atom stereocenters. The molecule has 2 aromatic carbocycles. The van der Waals surface area contributed by atoms with Crippen LogP contribution in [0.25, 0.3) is 0 Å².